The summed E-state index contributed by atoms with van der Waals surface area (Å²) in [4.78, 5) is -0.134. The average molecular weight is 395 g/mol. The number of hydrogen-bond acceptors (Lipinski definition) is 2. The van der Waals surface area contributed by atoms with Crippen molar-refractivity contribution < 1.29 is 8.42 Å². The molecule has 0 radical (unpaired) electrons. The lowest BCUT2D eigenvalue weighted by Crippen LogP contribution is -2.14. The molecule has 0 aromatic heterocycles. The van der Waals surface area contributed by atoms with Crippen molar-refractivity contribution in [3.63, 3.8) is 0 Å². The molecule has 7 heteroatoms. The first-order chi connectivity index (χ1) is 9.29. The summed E-state index contributed by atoms with van der Waals surface area (Å²) in [5.74, 6) is 0. The minimum atomic E-state index is -3.84. The summed E-state index contributed by atoms with van der Waals surface area (Å²) in [6.45, 7) is 1.87. The van der Waals surface area contributed by atoms with Crippen molar-refractivity contribution in [3.05, 3.63) is 56.5 Å². The highest BCUT2D eigenvalue weighted by Crippen LogP contribution is 2.33. The largest absolute Gasteiger partial charge is 0.280 e. The van der Waals surface area contributed by atoms with Crippen LogP contribution in [-0.2, 0) is 10.0 Å². The molecule has 0 aliphatic heterocycles. The summed E-state index contributed by atoms with van der Waals surface area (Å²) in [6.07, 6.45) is 0. The van der Waals surface area contributed by atoms with Crippen molar-refractivity contribution in [1.82, 2.24) is 0 Å². The zero-order chi connectivity index (χ0) is 14.9. The Morgan fingerprint density at radius 3 is 2.25 bits per heavy atom. The summed E-state index contributed by atoms with van der Waals surface area (Å²) in [7, 11) is -3.84. The number of rotatable bonds is 3. The maximum atomic E-state index is 12.4. The molecule has 2 rings (SSSR count). The van der Waals surface area contributed by atoms with Crippen LogP contribution in [0.4, 0.5) is 5.69 Å². The van der Waals surface area contributed by atoms with Gasteiger partial charge in [-0.15, -0.1) is 0 Å². The van der Waals surface area contributed by atoms with Gasteiger partial charge in [-0.05, 0) is 36.8 Å². The van der Waals surface area contributed by atoms with Crippen LogP contribution in [0.3, 0.4) is 0 Å². The van der Waals surface area contributed by atoms with Crippen molar-refractivity contribution in [1.29, 1.82) is 0 Å². The molecule has 0 atom stereocenters. The Kier molecular flexibility index (Phi) is 4.64. The number of aryl methyl sites for hydroxylation is 1. The lowest BCUT2D eigenvalue weighted by Gasteiger charge is -2.11. The zero-order valence-corrected chi connectivity index (χ0v) is 14.2. The lowest BCUT2D eigenvalue weighted by molar-refractivity contribution is 0.601. The van der Waals surface area contributed by atoms with E-state index in [0.29, 0.717) is 10.2 Å². The number of benzene rings is 2. The van der Waals surface area contributed by atoms with Crippen molar-refractivity contribution in [2.24, 2.45) is 0 Å². The molecule has 0 unspecified atom stereocenters. The van der Waals surface area contributed by atoms with Gasteiger partial charge in [-0.25, -0.2) is 8.42 Å². The van der Waals surface area contributed by atoms with Gasteiger partial charge in [0.15, 0.2) is 0 Å². The molecule has 2 aromatic rings. The van der Waals surface area contributed by atoms with Crippen molar-refractivity contribution in [2.75, 3.05) is 4.72 Å². The molecular formula is C13H10BrCl2NO2S. The molecule has 20 heavy (non-hydrogen) atoms. The van der Waals surface area contributed by atoms with Crippen molar-refractivity contribution in [2.45, 2.75) is 11.8 Å². The molecule has 0 heterocycles. The first-order valence-corrected chi connectivity index (χ1v) is 8.57. The second kappa shape index (κ2) is 5.93. The van der Waals surface area contributed by atoms with Gasteiger partial charge < -0.3 is 0 Å². The van der Waals surface area contributed by atoms with Gasteiger partial charge in [-0.1, -0.05) is 51.3 Å². The van der Waals surface area contributed by atoms with Gasteiger partial charge in [-0.3, -0.25) is 4.72 Å². The van der Waals surface area contributed by atoms with E-state index in [1.807, 2.05) is 13.0 Å². The van der Waals surface area contributed by atoms with Crippen LogP contribution >= 0.6 is 39.1 Å². The highest BCUT2D eigenvalue weighted by molar-refractivity contribution is 9.10. The predicted molar refractivity (Wildman–Crippen MR) is 86.1 cm³/mol. The Balaban J connectivity index is 2.46. The van der Waals surface area contributed by atoms with E-state index in [9.17, 15) is 8.42 Å². The van der Waals surface area contributed by atoms with E-state index in [-0.39, 0.29) is 14.9 Å². The molecule has 2 aromatic carbocycles. The summed E-state index contributed by atoms with van der Waals surface area (Å²) in [6, 6.07) is 9.98. The minimum Gasteiger partial charge on any atom is -0.280 e. The fourth-order valence-corrected chi connectivity index (χ4v) is 4.69. The van der Waals surface area contributed by atoms with Gasteiger partial charge in [0.05, 0.1) is 10.0 Å². The topological polar surface area (TPSA) is 46.2 Å². The first-order valence-electron chi connectivity index (χ1n) is 5.53. The summed E-state index contributed by atoms with van der Waals surface area (Å²) < 4.78 is 27.8. The number of hydrogen-bond donors (Lipinski definition) is 1. The van der Waals surface area contributed by atoms with Gasteiger partial charge in [0.2, 0.25) is 0 Å². The van der Waals surface area contributed by atoms with Crippen LogP contribution < -0.4 is 4.72 Å². The van der Waals surface area contributed by atoms with Gasteiger partial charge in [-0.2, -0.15) is 0 Å². The Bertz CT molecular complexity index is 740. The molecule has 1 N–H and O–H groups in total. The van der Waals surface area contributed by atoms with Crippen LogP contribution in [-0.4, -0.2) is 8.42 Å². The second-order valence-corrected chi connectivity index (χ2v) is 7.52. The Hall–Kier alpha value is -0.750. The van der Waals surface area contributed by atoms with E-state index >= 15 is 0 Å². The van der Waals surface area contributed by atoms with Crippen LogP contribution in [0.2, 0.25) is 10.0 Å². The SMILES string of the molecule is Cc1cccc(NS(=O)(=O)c2c(Cl)cc(Br)cc2Cl)c1. The smallest absolute Gasteiger partial charge is 0.264 e. The highest BCUT2D eigenvalue weighted by atomic mass is 79.9. The number of sulfonamides is 1. The maximum absolute atomic E-state index is 12.4. The molecule has 0 bridgehead atoms. The minimum absolute atomic E-state index is 0.0597. The molecular weight excluding hydrogens is 385 g/mol. The van der Waals surface area contributed by atoms with E-state index in [4.69, 9.17) is 23.2 Å². The van der Waals surface area contributed by atoms with E-state index in [2.05, 4.69) is 20.7 Å². The number of nitrogens with one attached hydrogen (secondary N) is 1. The van der Waals surface area contributed by atoms with Gasteiger partial charge in [0.1, 0.15) is 4.90 Å². The molecule has 0 saturated heterocycles. The number of halogens is 3. The third-order valence-corrected chi connectivity index (χ3v) is 5.26. The predicted octanol–water partition coefficient (Wildman–Crippen LogP) is 4.87. The normalized spacial score (nSPS) is 11.4. The van der Waals surface area contributed by atoms with Gasteiger partial charge in [0.25, 0.3) is 10.0 Å². The Morgan fingerprint density at radius 2 is 1.70 bits per heavy atom. The molecule has 0 fully saturated rings. The summed E-state index contributed by atoms with van der Waals surface area (Å²) in [5.41, 5.74) is 1.40. The van der Waals surface area contributed by atoms with Crippen molar-refractivity contribution in [3.8, 4) is 0 Å². The monoisotopic (exact) mass is 393 g/mol. The molecule has 3 nitrogen and oxygen atoms in total. The zero-order valence-electron chi connectivity index (χ0n) is 10.3. The van der Waals surface area contributed by atoms with E-state index < -0.39 is 10.0 Å². The molecule has 0 aliphatic carbocycles. The van der Waals surface area contributed by atoms with Crippen LogP contribution in [0.15, 0.2) is 45.8 Å². The summed E-state index contributed by atoms with van der Waals surface area (Å²) in [5, 5.41) is 0.119. The standard InChI is InChI=1S/C13H10BrCl2NO2S/c1-8-3-2-4-10(5-8)17-20(18,19)13-11(15)6-9(14)7-12(13)16/h2-7,17H,1H3. The van der Waals surface area contributed by atoms with Crippen LogP contribution in [0.25, 0.3) is 0 Å². The van der Waals surface area contributed by atoms with E-state index in [1.165, 1.54) is 12.1 Å². The van der Waals surface area contributed by atoms with Crippen LogP contribution in [0.5, 0.6) is 0 Å². The van der Waals surface area contributed by atoms with Gasteiger partial charge >= 0.3 is 0 Å². The third kappa shape index (κ3) is 3.47. The van der Waals surface area contributed by atoms with E-state index in [1.54, 1.807) is 18.2 Å². The average Bonchev–Trinajstić information content (AvgIpc) is 2.25. The molecule has 0 amide bonds. The molecule has 0 spiro atoms. The summed E-state index contributed by atoms with van der Waals surface area (Å²) >= 11 is 15.2. The quantitative estimate of drug-likeness (QED) is 0.807. The fourth-order valence-electron chi connectivity index (χ4n) is 1.70. The van der Waals surface area contributed by atoms with Crippen LogP contribution in [0, 0.1) is 6.92 Å². The Labute approximate surface area is 136 Å². The lowest BCUT2D eigenvalue weighted by atomic mass is 10.2. The van der Waals surface area contributed by atoms with Crippen LogP contribution in [0.1, 0.15) is 5.56 Å². The third-order valence-electron chi connectivity index (χ3n) is 2.50. The molecule has 0 saturated carbocycles. The number of anilines is 1. The highest BCUT2D eigenvalue weighted by Gasteiger charge is 2.22. The van der Waals surface area contributed by atoms with Crippen molar-refractivity contribution >= 4 is 54.8 Å². The van der Waals surface area contributed by atoms with E-state index in [0.717, 1.165) is 5.56 Å². The first kappa shape index (κ1) is 15.6. The molecule has 0 aliphatic rings. The second-order valence-electron chi connectivity index (χ2n) is 4.17. The van der Waals surface area contributed by atoms with Gasteiger partial charge in [0, 0.05) is 10.2 Å². The Morgan fingerprint density at radius 1 is 1.10 bits per heavy atom. The molecule has 106 valence electrons. The maximum Gasteiger partial charge on any atom is 0.264 e. The fraction of sp³-hybridized carbons (Fsp3) is 0.0769.